The van der Waals surface area contributed by atoms with Gasteiger partial charge in [-0.3, -0.25) is 10.2 Å². The number of hydrogen-bond acceptors (Lipinski definition) is 5. The summed E-state index contributed by atoms with van der Waals surface area (Å²) in [5, 5.41) is 15.7. The summed E-state index contributed by atoms with van der Waals surface area (Å²) in [4.78, 5) is 16.7. The van der Waals surface area contributed by atoms with Crippen LogP contribution in [0.25, 0.3) is 6.08 Å². The summed E-state index contributed by atoms with van der Waals surface area (Å²) in [6.07, 6.45) is 2.40. The largest absolute Gasteiger partial charge is 0.486 e. The molecule has 2 aliphatic heterocycles. The number of thioether (sulfide) groups is 1. The molecule has 1 amide bonds. The molecule has 2 aromatic carbocycles. The second-order valence-corrected chi connectivity index (χ2v) is 8.89. The molecule has 0 fully saturated rings. The minimum Gasteiger partial charge on any atom is -0.486 e. The summed E-state index contributed by atoms with van der Waals surface area (Å²) in [6, 6.07) is 17.5. The highest BCUT2D eigenvalue weighted by Gasteiger charge is 2.35. The molecular formula is C24H24N4O2S. The molecule has 0 aromatic heterocycles. The van der Waals surface area contributed by atoms with E-state index >= 15 is 0 Å². The van der Waals surface area contributed by atoms with Gasteiger partial charge in [0, 0.05) is 6.42 Å². The van der Waals surface area contributed by atoms with Gasteiger partial charge in [0.05, 0.1) is 5.57 Å². The van der Waals surface area contributed by atoms with Crippen molar-refractivity contribution < 1.29 is 9.53 Å². The number of aliphatic imine (C=N–C) groups is 1. The van der Waals surface area contributed by atoms with Crippen molar-refractivity contribution in [1.82, 2.24) is 5.01 Å². The zero-order valence-electron chi connectivity index (χ0n) is 17.7. The molecule has 2 heterocycles. The number of carbonyl (C=O) groups is 1. The van der Waals surface area contributed by atoms with Gasteiger partial charge in [0.15, 0.2) is 5.84 Å². The number of nitrogens with zero attached hydrogens (tertiary/aromatic N) is 3. The maximum absolute atomic E-state index is 12.5. The number of amidine groups is 2. The van der Waals surface area contributed by atoms with Crippen LogP contribution in [0, 0.1) is 11.3 Å². The summed E-state index contributed by atoms with van der Waals surface area (Å²) in [5.41, 5.74) is 2.12. The predicted octanol–water partition coefficient (Wildman–Crippen LogP) is 5.49. The molecule has 2 aliphatic rings. The van der Waals surface area contributed by atoms with E-state index in [1.807, 2.05) is 61.5 Å². The van der Waals surface area contributed by atoms with Crippen LogP contribution < -0.4 is 4.74 Å². The van der Waals surface area contributed by atoms with E-state index in [4.69, 9.17) is 10.1 Å². The standard InChI is InChI=1S/C24H24N4O2S/c1-15(2)13-21-27-28-22(25)20(23(29)26-24(28)31-21)14-17-9-11-19(12-10-17)30-16(3)18-7-5-4-6-8-18/h4-12,14-16,25H,13H2,1-3H3. The molecule has 158 valence electrons. The molecule has 7 heteroatoms. The fraction of sp³-hybridized carbons (Fsp3) is 0.250. The first-order chi connectivity index (χ1) is 14.9. The average Bonchev–Trinajstić information content (AvgIpc) is 3.14. The summed E-state index contributed by atoms with van der Waals surface area (Å²) in [5.74, 6) is 0.822. The van der Waals surface area contributed by atoms with Crippen molar-refractivity contribution in [1.29, 1.82) is 5.41 Å². The summed E-state index contributed by atoms with van der Waals surface area (Å²) < 4.78 is 6.01. The van der Waals surface area contributed by atoms with E-state index in [9.17, 15) is 4.79 Å². The first-order valence-corrected chi connectivity index (χ1v) is 11.0. The summed E-state index contributed by atoms with van der Waals surface area (Å²) in [6.45, 7) is 6.22. The van der Waals surface area contributed by atoms with Crippen LogP contribution in [0.4, 0.5) is 0 Å². The van der Waals surface area contributed by atoms with Crippen molar-refractivity contribution in [3.8, 4) is 5.75 Å². The third-order valence-corrected chi connectivity index (χ3v) is 5.78. The Balaban J connectivity index is 1.49. The molecule has 0 bridgehead atoms. The molecule has 31 heavy (non-hydrogen) atoms. The molecule has 2 aromatic rings. The highest BCUT2D eigenvalue weighted by Crippen LogP contribution is 2.31. The van der Waals surface area contributed by atoms with E-state index in [1.54, 1.807) is 6.08 Å². The number of amides is 1. The van der Waals surface area contributed by atoms with E-state index in [-0.39, 0.29) is 17.5 Å². The number of nitrogens with one attached hydrogen (secondary N) is 1. The number of ether oxygens (including phenoxy) is 1. The quantitative estimate of drug-likeness (QED) is 0.612. The predicted molar refractivity (Wildman–Crippen MR) is 126 cm³/mol. The van der Waals surface area contributed by atoms with E-state index in [2.05, 4.69) is 23.9 Å². The fourth-order valence-electron chi connectivity index (χ4n) is 3.27. The maximum Gasteiger partial charge on any atom is 0.283 e. The van der Waals surface area contributed by atoms with Crippen LogP contribution >= 0.6 is 11.8 Å². The van der Waals surface area contributed by atoms with Crippen LogP contribution in [0.2, 0.25) is 0 Å². The lowest BCUT2D eigenvalue weighted by Crippen LogP contribution is -2.35. The van der Waals surface area contributed by atoms with Gasteiger partial charge in [0.25, 0.3) is 5.91 Å². The van der Waals surface area contributed by atoms with Crippen LogP contribution in [0.3, 0.4) is 0 Å². The van der Waals surface area contributed by atoms with Crippen LogP contribution in [0.1, 0.15) is 44.4 Å². The van der Waals surface area contributed by atoms with Crippen molar-refractivity contribution in [3.05, 3.63) is 71.3 Å². The first-order valence-electron chi connectivity index (χ1n) is 10.2. The Morgan fingerprint density at radius 3 is 2.48 bits per heavy atom. The van der Waals surface area contributed by atoms with Crippen molar-refractivity contribution in [2.75, 3.05) is 0 Å². The molecule has 0 radical (unpaired) electrons. The summed E-state index contributed by atoms with van der Waals surface area (Å²) in [7, 11) is 0. The molecule has 0 aliphatic carbocycles. The molecule has 0 saturated carbocycles. The zero-order valence-corrected chi connectivity index (χ0v) is 18.5. The Hall–Kier alpha value is -3.19. The van der Waals surface area contributed by atoms with E-state index in [0.29, 0.717) is 11.1 Å². The van der Waals surface area contributed by atoms with Crippen molar-refractivity contribution >= 4 is 39.8 Å². The van der Waals surface area contributed by atoms with E-state index in [1.165, 1.54) is 16.8 Å². The van der Waals surface area contributed by atoms with Crippen LogP contribution in [-0.4, -0.2) is 27.0 Å². The molecule has 6 nitrogen and oxygen atoms in total. The number of hydrogen-bond donors (Lipinski definition) is 1. The van der Waals surface area contributed by atoms with Gasteiger partial charge in [0.1, 0.15) is 16.9 Å². The normalized spacial score (nSPS) is 18.2. The minimum absolute atomic E-state index is 0.0549. The molecule has 0 spiro atoms. The van der Waals surface area contributed by atoms with E-state index < -0.39 is 5.91 Å². The highest BCUT2D eigenvalue weighted by molar-refractivity contribution is 8.26. The second-order valence-electron chi connectivity index (χ2n) is 7.85. The van der Waals surface area contributed by atoms with Gasteiger partial charge in [-0.05, 0) is 53.9 Å². The number of benzene rings is 2. The third-order valence-electron chi connectivity index (χ3n) is 4.85. The Kier molecular flexibility index (Phi) is 6.04. The van der Waals surface area contributed by atoms with Gasteiger partial charge in [-0.15, -0.1) is 0 Å². The fourth-order valence-corrected chi connectivity index (χ4v) is 4.37. The highest BCUT2D eigenvalue weighted by atomic mass is 32.2. The van der Waals surface area contributed by atoms with Gasteiger partial charge >= 0.3 is 0 Å². The zero-order chi connectivity index (χ0) is 22.0. The monoisotopic (exact) mass is 432 g/mol. The maximum atomic E-state index is 12.5. The van der Waals surface area contributed by atoms with Gasteiger partial charge in [-0.2, -0.15) is 15.1 Å². The third kappa shape index (κ3) is 4.77. The SMILES string of the molecule is CC(C)CC1=NN2C(=N)C(=Cc3ccc(OC(C)c4ccccc4)cc3)C(=O)N=C2S1. The van der Waals surface area contributed by atoms with Gasteiger partial charge in [-0.1, -0.05) is 56.3 Å². The van der Waals surface area contributed by atoms with E-state index in [0.717, 1.165) is 28.3 Å². The van der Waals surface area contributed by atoms with Crippen LogP contribution in [-0.2, 0) is 4.79 Å². The number of fused-ring (bicyclic) bond motifs is 1. The first kappa shape index (κ1) is 21.1. The van der Waals surface area contributed by atoms with Crippen molar-refractivity contribution in [3.63, 3.8) is 0 Å². The number of hydrazone groups is 1. The Labute approximate surface area is 186 Å². The molecule has 1 unspecified atom stereocenters. The van der Waals surface area contributed by atoms with Crippen LogP contribution in [0.5, 0.6) is 5.75 Å². The minimum atomic E-state index is -0.414. The molecule has 1 N–H and O–H groups in total. The lowest BCUT2D eigenvalue weighted by molar-refractivity contribution is -0.114. The molecule has 4 rings (SSSR count). The Morgan fingerprint density at radius 2 is 1.81 bits per heavy atom. The smallest absolute Gasteiger partial charge is 0.283 e. The van der Waals surface area contributed by atoms with Crippen molar-refractivity contribution in [2.24, 2.45) is 16.0 Å². The lowest BCUT2D eigenvalue weighted by Gasteiger charge is -2.20. The second kappa shape index (κ2) is 8.89. The lowest BCUT2D eigenvalue weighted by atomic mass is 10.1. The molecular weight excluding hydrogens is 408 g/mol. The average molecular weight is 433 g/mol. The number of rotatable bonds is 6. The molecule has 0 saturated heterocycles. The number of carbonyl (C=O) groups excluding carboxylic acids is 1. The van der Waals surface area contributed by atoms with Crippen molar-refractivity contribution in [2.45, 2.75) is 33.3 Å². The van der Waals surface area contributed by atoms with Crippen LogP contribution in [0.15, 0.2) is 70.3 Å². The Morgan fingerprint density at radius 1 is 1.10 bits per heavy atom. The topological polar surface area (TPSA) is 78.1 Å². The Bertz CT molecular complexity index is 1090. The summed E-state index contributed by atoms with van der Waals surface area (Å²) >= 11 is 1.36. The van der Waals surface area contributed by atoms with Gasteiger partial charge < -0.3 is 4.74 Å². The molecule has 1 atom stereocenters. The van der Waals surface area contributed by atoms with Gasteiger partial charge in [-0.25, -0.2) is 0 Å². The van der Waals surface area contributed by atoms with Gasteiger partial charge in [0.2, 0.25) is 5.17 Å².